The Morgan fingerprint density at radius 1 is 1.03 bits per heavy atom. The number of ether oxygens (including phenoxy) is 2. The molecule has 9 heteroatoms. The van der Waals surface area contributed by atoms with E-state index in [1.165, 1.54) is 11.8 Å². The van der Waals surface area contributed by atoms with Crippen molar-refractivity contribution in [1.82, 2.24) is 15.1 Å². The zero-order valence-corrected chi connectivity index (χ0v) is 22.6. The molecule has 9 nitrogen and oxygen atoms in total. The first kappa shape index (κ1) is 26.5. The van der Waals surface area contributed by atoms with Crippen molar-refractivity contribution in [3.05, 3.63) is 71.5 Å². The highest BCUT2D eigenvalue weighted by molar-refractivity contribution is 6.04. The summed E-state index contributed by atoms with van der Waals surface area (Å²) in [5, 5.41) is 7.69. The molecular weight excluding hydrogens is 496 g/mol. The lowest BCUT2D eigenvalue weighted by atomic mass is 9.94. The summed E-state index contributed by atoms with van der Waals surface area (Å²) in [7, 11) is 1.79. The third kappa shape index (κ3) is 5.67. The molecule has 1 N–H and O–H groups in total. The van der Waals surface area contributed by atoms with Gasteiger partial charge in [0.1, 0.15) is 12.6 Å². The van der Waals surface area contributed by atoms with Crippen molar-refractivity contribution in [2.75, 3.05) is 11.5 Å². The van der Waals surface area contributed by atoms with Gasteiger partial charge in [-0.1, -0.05) is 31.4 Å². The number of hydrogen-bond acceptors (Lipinski definition) is 6. The van der Waals surface area contributed by atoms with Crippen molar-refractivity contribution in [1.29, 1.82) is 0 Å². The Kier molecular flexibility index (Phi) is 7.67. The van der Waals surface area contributed by atoms with Crippen molar-refractivity contribution in [3.63, 3.8) is 0 Å². The molecule has 1 aliphatic heterocycles. The van der Waals surface area contributed by atoms with Crippen LogP contribution < -0.4 is 19.7 Å². The lowest BCUT2D eigenvalue weighted by Gasteiger charge is -2.36. The predicted molar refractivity (Wildman–Crippen MR) is 146 cm³/mol. The first-order chi connectivity index (χ1) is 18.8. The number of fused-ring (bicyclic) bond motifs is 1. The van der Waals surface area contributed by atoms with Crippen molar-refractivity contribution < 1.29 is 23.9 Å². The van der Waals surface area contributed by atoms with Gasteiger partial charge in [0, 0.05) is 36.1 Å². The molecule has 1 aromatic heterocycles. The summed E-state index contributed by atoms with van der Waals surface area (Å²) in [5.41, 5.74) is 2.25. The van der Waals surface area contributed by atoms with E-state index in [1.807, 2.05) is 19.1 Å². The second-order valence-corrected chi connectivity index (χ2v) is 10.3. The smallest absolute Gasteiger partial charge is 0.272 e. The van der Waals surface area contributed by atoms with E-state index >= 15 is 0 Å². The van der Waals surface area contributed by atoms with Gasteiger partial charge in [0.15, 0.2) is 17.3 Å². The number of para-hydroxylation sites is 2. The zero-order chi connectivity index (χ0) is 27.5. The van der Waals surface area contributed by atoms with Crippen LogP contribution in [0.2, 0.25) is 0 Å². The van der Waals surface area contributed by atoms with Crippen LogP contribution in [0.4, 0.5) is 5.69 Å². The number of carbonyl (C=O) groups is 3. The van der Waals surface area contributed by atoms with E-state index in [9.17, 15) is 14.4 Å². The number of amides is 2. The van der Waals surface area contributed by atoms with Gasteiger partial charge in [0.2, 0.25) is 12.0 Å². The Morgan fingerprint density at radius 2 is 1.72 bits per heavy atom. The quantitative estimate of drug-likeness (QED) is 0.457. The molecule has 5 rings (SSSR count). The molecule has 3 aromatic rings. The third-order valence-electron chi connectivity index (χ3n) is 7.38. The molecule has 1 fully saturated rings. The molecule has 2 heterocycles. The van der Waals surface area contributed by atoms with Crippen LogP contribution in [0.25, 0.3) is 0 Å². The zero-order valence-electron chi connectivity index (χ0n) is 22.6. The summed E-state index contributed by atoms with van der Waals surface area (Å²) in [6.45, 7) is 3.32. The van der Waals surface area contributed by atoms with E-state index in [-0.39, 0.29) is 24.3 Å². The maximum atomic E-state index is 14.3. The molecule has 0 bridgehead atoms. The highest BCUT2D eigenvalue weighted by Gasteiger charge is 2.41. The third-order valence-corrected chi connectivity index (χ3v) is 7.38. The molecule has 2 amide bonds. The van der Waals surface area contributed by atoms with Crippen molar-refractivity contribution in [3.8, 4) is 11.5 Å². The number of hydrogen-bond donors (Lipinski definition) is 1. The van der Waals surface area contributed by atoms with Crippen molar-refractivity contribution >= 4 is 23.3 Å². The number of carbonyl (C=O) groups excluding carboxylic acids is 3. The minimum absolute atomic E-state index is 0.000855. The number of anilines is 1. The van der Waals surface area contributed by atoms with Crippen LogP contribution in [0.5, 0.6) is 11.5 Å². The summed E-state index contributed by atoms with van der Waals surface area (Å²) in [6, 6.07) is 12.9. The van der Waals surface area contributed by atoms with Gasteiger partial charge >= 0.3 is 0 Å². The highest BCUT2D eigenvalue weighted by Crippen LogP contribution is 2.35. The van der Waals surface area contributed by atoms with Gasteiger partial charge < -0.3 is 14.8 Å². The first-order valence-corrected chi connectivity index (χ1v) is 13.4. The minimum Gasteiger partial charge on any atom is -0.485 e. The van der Waals surface area contributed by atoms with Gasteiger partial charge in [-0.3, -0.25) is 24.0 Å². The van der Waals surface area contributed by atoms with Crippen LogP contribution in [-0.4, -0.2) is 46.1 Å². The summed E-state index contributed by atoms with van der Waals surface area (Å²) >= 11 is 0. The molecule has 2 atom stereocenters. The summed E-state index contributed by atoms with van der Waals surface area (Å²) < 4.78 is 13.6. The molecule has 0 unspecified atom stereocenters. The van der Waals surface area contributed by atoms with Crippen LogP contribution in [0, 0.1) is 6.92 Å². The fraction of sp³-hybridized carbons (Fsp3) is 0.400. The molecule has 2 aliphatic rings. The Labute approximate surface area is 228 Å². The van der Waals surface area contributed by atoms with Crippen molar-refractivity contribution in [2.45, 2.75) is 64.1 Å². The molecule has 0 spiro atoms. The average Bonchev–Trinajstić information content (AvgIpc) is 3.28. The minimum atomic E-state index is -1.00. The maximum absolute atomic E-state index is 14.3. The fourth-order valence-corrected chi connectivity index (χ4v) is 5.37. The number of nitrogens with zero attached hydrogens (tertiary/aromatic N) is 3. The Bertz CT molecular complexity index is 1360. The van der Waals surface area contributed by atoms with E-state index in [2.05, 4.69) is 10.4 Å². The summed E-state index contributed by atoms with van der Waals surface area (Å²) in [4.78, 5) is 41.8. The molecule has 0 saturated heterocycles. The molecule has 1 aliphatic carbocycles. The molecule has 2 aromatic carbocycles. The highest BCUT2D eigenvalue weighted by atomic mass is 16.6. The van der Waals surface area contributed by atoms with E-state index in [0.29, 0.717) is 34.0 Å². The van der Waals surface area contributed by atoms with Gasteiger partial charge in [-0.05, 0) is 63.1 Å². The number of rotatable bonds is 7. The van der Waals surface area contributed by atoms with Crippen molar-refractivity contribution in [2.24, 2.45) is 7.05 Å². The van der Waals surface area contributed by atoms with E-state index in [1.54, 1.807) is 54.3 Å². The molecule has 39 heavy (non-hydrogen) atoms. The number of nitrogens with one attached hydrogen (secondary N) is 1. The second-order valence-electron chi connectivity index (χ2n) is 10.3. The van der Waals surface area contributed by atoms with Gasteiger partial charge in [-0.15, -0.1) is 0 Å². The predicted octanol–water partition coefficient (Wildman–Crippen LogP) is 4.29. The largest absolute Gasteiger partial charge is 0.485 e. The average molecular weight is 531 g/mol. The number of aromatic nitrogens is 2. The normalized spacial score (nSPS) is 17.8. The standard InChI is InChI=1S/C30H34N4O5/c1-19-24(17-33(3)32-19)28(29(36)31-22-9-5-4-6-10-22)34(23-15-13-21(14-16-23)20(2)35)30(37)27-18-38-25-11-7-8-12-26(25)39-27/h7-8,11-17,22,27-28H,4-6,9-10,18H2,1-3H3,(H,31,36)/t27-,28-/m0/s1. The van der Waals surface area contributed by atoms with Crippen LogP contribution in [0.1, 0.15) is 66.7 Å². The Morgan fingerprint density at radius 3 is 2.36 bits per heavy atom. The van der Waals surface area contributed by atoms with Gasteiger partial charge in [-0.25, -0.2) is 0 Å². The lowest BCUT2D eigenvalue weighted by molar-refractivity contribution is -0.132. The number of aryl methyl sites for hydroxylation is 2. The summed E-state index contributed by atoms with van der Waals surface area (Å²) in [6.07, 6.45) is 5.88. The molecular formula is C30H34N4O5. The number of Topliss-reactive ketones (excluding diaryl/α,β-unsaturated/α-hetero) is 1. The number of benzene rings is 2. The van der Waals surface area contributed by atoms with E-state index < -0.39 is 18.1 Å². The number of ketones is 1. The van der Waals surface area contributed by atoms with Crippen LogP contribution in [0.3, 0.4) is 0 Å². The SMILES string of the molecule is CC(=O)c1ccc(N(C(=O)[C@@H]2COc3ccccc3O2)[C@H](C(=O)NC2CCCCC2)c2cn(C)nc2C)cc1. The van der Waals surface area contributed by atoms with Gasteiger partial charge in [0.05, 0.1) is 5.69 Å². The topological polar surface area (TPSA) is 103 Å². The van der Waals surface area contributed by atoms with E-state index in [0.717, 1.165) is 32.1 Å². The van der Waals surface area contributed by atoms with Crippen LogP contribution in [0.15, 0.2) is 54.7 Å². The fourth-order valence-electron chi connectivity index (χ4n) is 5.37. The van der Waals surface area contributed by atoms with Crippen LogP contribution >= 0.6 is 0 Å². The maximum Gasteiger partial charge on any atom is 0.272 e. The Balaban J connectivity index is 1.57. The molecule has 1 saturated carbocycles. The lowest BCUT2D eigenvalue weighted by Crippen LogP contribution is -2.52. The summed E-state index contributed by atoms with van der Waals surface area (Å²) in [5.74, 6) is 0.240. The van der Waals surface area contributed by atoms with Gasteiger partial charge in [-0.2, -0.15) is 5.10 Å². The monoisotopic (exact) mass is 530 g/mol. The van der Waals surface area contributed by atoms with Gasteiger partial charge in [0.25, 0.3) is 5.91 Å². The molecule has 204 valence electrons. The second kappa shape index (κ2) is 11.3. The van der Waals surface area contributed by atoms with E-state index in [4.69, 9.17) is 9.47 Å². The first-order valence-electron chi connectivity index (χ1n) is 13.4. The molecule has 0 radical (unpaired) electrons. The van der Waals surface area contributed by atoms with Crippen LogP contribution in [-0.2, 0) is 16.6 Å². The Hall–Kier alpha value is -4.14.